The molecule has 0 amide bonds. The maximum absolute atomic E-state index is 10.9. The van der Waals surface area contributed by atoms with E-state index < -0.39 is 7.12 Å². The van der Waals surface area contributed by atoms with Crippen LogP contribution in [-0.4, -0.2) is 17.2 Å². The average Bonchev–Trinajstić information content (AvgIpc) is 2.96. The molecule has 5 rings (SSSR count). The fraction of sp³-hybridized carbons (Fsp3) is 0.368. The molecule has 2 N–H and O–H groups in total. The van der Waals surface area contributed by atoms with Gasteiger partial charge >= 0.3 is 7.12 Å². The lowest BCUT2D eigenvalue weighted by molar-refractivity contribution is 0.426. The molecule has 0 aliphatic rings. The van der Waals surface area contributed by atoms with Crippen molar-refractivity contribution in [3.05, 3.63) is 90.0 Å². The van der Waals surface area contributed by atoms with Gasteiger partial charge in [-0.3, -0.25) is 0 Å². The molecule has 0 aliphatic carbocycles. The van der Waals surface area contributed by atoms with Gasteiger partial charge in [0.2, 0.25) is 0 Å². The molecule has 0 spiro atoms. The topological polar surface area (TPSA) is 40.5 Å². The molecule has 0 atom stereocenters. The summed E-state index contributed by atoms with van der Waals surface area (Å²) in [6.45, 7) is 13.7. The van der Waals surface area contributed by atoms with Crippen LogP contribution in [0.15, 0.2) is 78.9 Å². The van der Waals surface area contributed by atoms with Crippen molar-refractivity contribution in [1.82, 2.24) is 0 Å². The van der Waals surface area contributed by atoms with Crippen molar-refractivity contribution in [3.8, 4) is 11.1 Å². The van der Waals surface area contributed by atoms with Gasteiger partial charge in [0.25, 0.3) is 0 Å². The lowest BCUT2D eigenvalue weighted by Crippen LogP contribution is -2.32. The molecule has 41 heavy (non-hydrogen) atoms. The quantitative estimate of drug-likeness (QED) is 0.136. The van der Waals surface area contributed by atoms with Crippen LogP contribution in [-0.2, 0) is 10.8 Å². The van der Waals surface area contributed by atoms with Gasteiger partial charge in [-0.05, 0) is 89.8 Å². The van der Waals surface area contributed by atoms with Crippen LogP contribution < -0.4 is 5.46 Å². The summed E-state index contributed by atoms with van der Waals surface area (Å²) >= 11 is 0. The average molecular weight is 545 g/mol. The molecule has 212 valence electrons. The molecule has 5 aromatic carbocycles. The largest absolute Gasteiger partial charge is 0.489 e. The van der Waals surface area contributed by atoms with Crippen LogP contribution in [0.5, 0.6) is 0 Å². The molecule has 0 saturated heterocycles. The molecule has 5 aromatic rings. The summed E-state index contributed by atoms with van der Waals surface area (Å²) in [5.74, 6) is 0. The minimum Gasteiger partial charge on any atom is -0.423 e. The Morgan fingerprint density at radius 1 is 0.585 bits per heavy atom. The van der Waals surface area contributed by atoms with Crippen LogP contribution in [0.2, 0.25) is 0 Å². The van der Waals surface area contributed by atoms with Crippen LogP contribution in [0, 0.1) is 0 Å². The fourth-order valence-electron chi connectivity index (χ4n) is 6.64. The predicted molar refractivity (Wildman–Crippen MR) is 179 cm³/mol. The Morgan fingerprint density at radius 3 is 1.76 bits per heavy atom. The van der Waals surface area contributed by atoms with Crippen LogP contribution in [0.3, 0.4) is 0 Å². The van der Waals surface area contributed by atoms with E-state index in [1.54, 1.807) is 0 Å². The van der Waals surface area contributed by atoms with Gasteiger partial charge in [0.1, 0.15) is 0 Å². The summed E-state index contributed by atoms with van der Waals surface area (Å²) in [5, 5.41) is 28.2. The lowest BCUT2D eigenvalue weighted by Gasteiger charge is -2.28. The normalized spacial score (nSPS) is 12.5. The number of unbranched alkanes of at least 4 members (excludes halogenated alkanes) is 2. The van der Waals surface area contributed by atoms with Crippen molar-refractivity contribution in [3.63, 3.8) is 0 Å². The van der Waals surface area contributed by atoms with E-state index in [2.05, 4.69) is 120 Å². The second-order valence-corrected chi connectivity index (χ2v) is 13.2. The van der Waals surface area contributed by atoms with E-state index in [1.165, 1.54) is 45.9 Å². The zero-order valence-electron chi connectivity index (χ0n) is 25.7. The molecular weight excluding hydrogens is 499 g/mol. The van der Waals surface area contributed by atoms with E-state index in [0.29, 0.717) is 5.46 Å². The van der Waals surface area contributed by atoms with Crippen LogP contribution >= 0.6 is 0 Å². The molecule has 0 unspecified atom stereocenters. The van der Waals surface area contributed by atoms with Crippen molar-refractivity contribution in [2.24, 2.45) is 0 Å². The van der Waals surface area contributed by atoms with Gasteiger partial charge in [0.15, 0.2) is 0 Å². The van der Waals surface area contributed by atoms with E-state index in [1.807, 2.05) is 0 Å². The number of fused-ring (bicyclic) bond motifs is 3. The summed E-state index contributed by atoms with van der Waals surface area (Å²) < 4.78 is 0. The van der Waals surface area contributed by atoms with Gasteiger partial charge < -0.3 is 10.0 Å². The third-order valence-corrected chi connectivity index (χ3v) is 9.35. The first-order chi connectivity index (χ1) is 19.6. The summed E-state index contributed by atoms with van der Waals surface area (Å²) in [4.78, 5) is 0. The summed E-state index contributed by atoms with van der Waals surface area (Å²) in [6.07, 6.45) is 6.86. The highest BCUT2D eigenvalue weighted by atomic mass is 16.4. The van der Waals surface area contributed by atoms with E-state index in [0.717, 1.165) is 47.2 Å². The van der Waals surface area contributed by atoms with E-state index in [9.17, 15) is 10.0 Å². The number of benzene rings is 5. The first-order valence-electron chi connectivity index (χ1n) is 15.5. The Morgan fingerprint density at radius 2 is 1.15 bits per heavy atom. The Kier molecular flexibility index (Phi) is 8.33. The molecule has 0 heterocycles. The standard InChI is InChI=1S/C38H45BO2/c1-7-9-22-37(3,4)27-19-21-32-33(24-27)35(30-17-13-15-26-14-11-12-16-29(26)30)31-20-18-28(38(5,6)23-10-8-2)25-34(31)36(32)39(40)41/h11-21,24-25,40-41H,7-10,22-23H2,1-6H3. The smallest absolute Gasteiger partial charge is 0.423 e. The maximum Gasteiger partial charge on any atom is 0.489 e. The van der Waals surface area contributed by atoms with Gasteiger partial charge in [-0.15, -0.1) is 0 Å². The SMILES string of the molecule is CCCCC(C)(C)c1ccc2c(-c3cccc4ccccc34)c3cc(C(C)(C)CCCC)ccc3c(B(O)O)c2c1. The molecule has 0 aliphatic heterocycles. The van der Waals surface area contributed by atoms with Gasteiger partial charge in [-0.2, -0.15) is 0 Å². The van der Waals surface area contributed by atoms with Gasteiger partial charge in [-0.1, -0.05) is 140 Å². The monoisotopic (exact) mass is 544 g/mol. The van der Waals surface area contributed by atoms with Gasteiger partial charge in [-0.25, -0.2) is 0 Å². The Balaban J connectivity index is 1.92. The van der Waals surface area contributed by atoms with E-state index in [4.69, 9.17) is 0 Å². The summed E-state index contributed by atoms with van der Waals surface area (Å²) in [5.41, 5.74) is 5.48. The highest BCUT2D eigenvalue weighted by molar-refractivity contribution is 6.66. The number of hydrogen-bond acceptors (Lipinski definition) is 2. The fourth-order valence-corrected chi connectivity index (χ4v) is 6.64. The third kappa shape index (κ3) is 5.55. The zero-order chi connectivity index (χ0) is 29.4. The van der Waals surface area contributed by atoms with Crippen molar-refractivity contribution in [2.75, 3.05) is 0 Å². The van der Waals surface area contributed by atoms with E-state index in [-0.39, 0.29) is 10.8 Å². The van der Waals surface area contributed by atoms with Crippen molar-refractivity contribution >= 4 is 44.9 Å². The Bertz CT molecular complexity index is 1690. The van der Waals surface area contributed by atoms with Crippen LogP contribution in [0.4, 0.5) is 0 Å². The lowest BCUT2D eigenvalue weighted by atomic mass is 9.69. The Labute approximate surface area is 246 Å². The van der Waals surface area contributed by atoms with Crippen molar-refractivity contribution < 1.29 is 10.0 Å². The molecule has 0 aromatic heterocycles. The summed E-state index contributed by atoms with van der Waals surface area (Å²) in [6, 6.07) is 28.5. The van der Waals surface area contributed by atoms with Crippen molar-refractivity contribution in [1.29, 1.82) is 0 Å². The number of hydrogen-bond donors (Lipinski definition) is 2. The van der Waals surface area contributed by atoms with Crippen LogP contribution in [0.25, 0.3) is 43.4 Å². The minimum atomic E-state index is -1.57. The second-order valence-electron chi connectivity index (χ2n) is 13.2. The summed E-state index contributed by atoms with van der Waals surface area (Å²) in [7, 11) is -1.57. The zero-order valence-corrected chi connectivity index (χ0v) is 25.7. The molecule has 0 bridgehead atoms. The highest BCUT2D eigenvalue weighted by Crippen LogP contribution is 2.42. The first kappa shape index (κ1) is 29.4. The second kappa shape index (κ2) is 11.6. The minimum absolute atomic E-state index is 0.0103. The number of rotatable bonds is 10. The highest BCUT2D eigenvalue weighted by Gasteiger charge is 2.28. The molecule has 0 saturated carbocycles. The maximum atomic E-state index is 10.9. The molecule has 0 fully saturated rings. The molecule has 0 radical (unpaired) electrons. The first-order valence-corrected chi connectivity index (χ1v) is 15.5. The molecular formula is C38H45BO2. The van der Waals surface area contributed by atoms with Crippen molar-refractivity contribution in [2.45, 2.75) is 90.9 Å². The third-order valence-electron chi connectivity index (χ3n) is 9.35. The molecule has 3 heteroatoms. The Hall–Kier alpha value is -3.14. The van der Waals surface area contributed by atoms with Crippen LogP contribution in [0.1, 0.15) is 91.2 Å². The van der Waals surface area contributed by atoms with Gasteiger partial charge in [0.05, 0.1) is 0 Å². The van der Waals surface area contributed by atoms with Gasteiger partial charge in [0, 0.05) is 0 Å². The predicted octanol–water partition coefficient (Wildman–Crippen LogP) is 9.43. The van der Waals surface area contributed by atoms with E-state index >= 15 is 0 Å². The molecule has 2 nitrogen and oxygen atoms in total.